The lowest BCUT2D eigenvalue weighted by Crippen LogP contribution is -1.83. The zero-order valence-corrected chi connectivity index (χ0v) is 17.6. The van der Waals surface area contributed by atoms with Gasteiger partial charge in [0.25, 0.3) is 0 Å². The molecule has 0 amide bonds. The van der Waals surface area contributed by atoms with Gasteiger partial charge >= 0.3 is 0 Å². The Kier molecular flexibility index (Phi) is 23.2. The van der Waals surface area contributed by atoms with E-state index in [1.165, 1.54) is 103 Å². The molecule has 0 atom stereocenters. The fraction of sp³-hybridized carbons (Fsp3) is 0.840. The van der Waals surface area contributed by atoms with E-state index in [1.54, 1.807) is 0 Å². The molecule has 0 aliphatic rings. The van der Waals surface area contributed by atoms with Crippen molar-refractivity contribution in [3.63, 3.8) is 0 Å². The zero-order valence-electron chi connectivity index (χ0n) is 17.6. The molecule has 0 bridgehead atoms. The Labute approximate surface area is 164 Å². The Hall–Kier alpha value is -0.920. The fourth-order valence-corrected chi connectivity index (χ4v) is 3.14. The summed E-state index contributed by atoms with van der Waals surface area (Å²) >= 11 is 0. The maximum Gasteiger partial charge on any atom is 0.0440 e. The highest BCUT2D eigenvalue weighted by molar-refractivity contribution is 5.25. The lowest BCUT2D eigenvalue weighted by molar-refractivity contribution is 0.290. The lowest BCUT2D eigenvalue weighted by atomic mass is 10.0. The average Bonchev–Trinajstić information content (AvgIpc) is 2.66. The maximum atomic E-state index is 8.63. The van der Waals surface area contributed by atoms with Gasteiger partial charge in [-0.1, -0.05) is 115 Å². The highest BCUT2D eigenvalue weighted by Crippen LogP contribution is 2.13. The molecule has 1 heteroatoms. The molecule has 1 N–H and O–H groups in total. The number of aliphatic hydroxyl groups excluding tert-OH is 1. The molecular weight excluding hydrogens is 316 g/mol. The second kappa shape index (κ2) is 24.1. The number of aliphatic hydroxyl groups is 1. The van der Waals surface area contributed by atoms with Crippen molar-refractivity contribution in [2.75, 3.05) is 6.61 Å². The summed E-state index contributed by atoms with van der Waals surface area (Å²) in [5.41, 5.74) is 0. The van der Waals surface area contributed by atoms with Crippen LogP contribution in [0.2, 0.25) is 0 Å². The van der Waals surface area contributed by atoms with Crippen LogP contribution in [0.15, 0.2) is 0 Å². The van der Waals surface area contributed by atoms with Gasteiger partial charge < -0.3 is 5.11 Å². The van der Waals surface area contributed by atoms with Crippen molar-refractivity contribution in [2.45, 2.75) is 129 Å². The molecule has 0 aliphatic heterocycles. The van der Waals surface area contributed by atoms with Crippen molar-refractivity contribution in [2.24, 2.45) is 0 Å². The SMILES string of the molecule is CCCCCCCCCCCCCCCCCCC#CC#CCCCO. The molecule has 0 spiro atoms. The number of hydrogen-bond donors (Lipinski definition) is 1. The summed E-state index contributed by atoms with van der Waals surface area (Å²) in [5.74, 6) is 11.8. The third-order valence-corrected chi connectivity index (χ3v) is 4.85. The second-order valence-corrected chi connectivity index (χ2v) is 7.48. The van der Waals surface area contributed by atoms with Crippen LogP contribution in [0.5, 0.6) is 0 Å². The molecule has 0 radical (unpaired) electrons. The highest BCUT2D eigenvalue weighted by Gasteiger charge is 1.94. The van der Waals surface area contributed by atoms with Gasteiger partial charge in [-0.25, -0.2) is 0 Å². The van der Waals surface area contributed by atoms with E-state index in [2.05, 4.69) is 30.6 Å². The van der Waals surface area contributed by atoms with E-state index in [0.717, 1.165) is 19.3 Å². The number of unbranched alkanes of at least 4 members (excludes halogenated alkanes) is 17. The minimum atomic E-state index is 0.224. The van der Waals surface area contributed by atoms with E-state index in [4.69, 9.17) is 5.11 Å². The molecular formula is C25H44O. The quantitative estimate of drug-likeness (QED) is 0.199. The number of rotatable bonds is 18. The molecule has 0 saturated carbocycles. The zero-order chi connectivity index (χ0) is 19.0. The van der Waals surface area contributed by atoms with Gasteiger partial charge in [-0.15, -0.1) is 0 Å². The molecule has 0 aromatic carbocycles. The third-order valence-electron chi connectivity index (χ3n) is 4.85. The Morgan fingerprint density at radius 1 is 0.462 bits per heavy atom. The molecule has 0 aliphatic carbocycles. The van der Waals surface area contributed by atoms with Gasteiger partial charge in [-0.05, 0) is 24.7 Å². The van der Waals surface area contributed by atoms with Crippen molar-refractivity contribution in [3.8, 4) is 23.7 Å². The van der Waals surface area contributed by atoms with Crippen LogP contribution in [0.25, 0.3) is 0 Å². The smallest absolute Gasteiger partial charge is 0.0440 e. The molecule has 0 unspecified atom stereocenters. The lowest BCUT2D eigenvalue weighted by Gasteiger charge is -2.03. The van der Waals surface area contributed by atoms with E-state index in [9.17, 15) is 0 Å². The summed E-state index contributed by atoms with van der Waals surface area (Å²) < 4.78 is 0. The summed E-state index contributed by atoms with van der Waals surface area (Å²) in [6.07, 6.45) is 25.0. The second-order valence-electron chi connectivity index (χ2n) is 7.48. The van der Waals surface area contributed by atoms with Crippen molar-refractivity contribution in [1.29, 1.82) is 0 Å². The number of hydrogen-bond acceptors (Lipinski definition) is 1. The Morgan fingerprint density at radius 3 is 1.19 bits per heavy atom. The van der Waals surface area contributed by atoms with Gasteiger partial charge in [0.15, 0.2) is 0 Å². The van der Waals surface area contributed by atoms with E-state index < -0.39 is 0 Å². The summed E-state index contributed by atoms with van der Waals surface area (Å²) in [7, 11) is 0. The maximum absolute atomic E-state index is 8.63. The Morgan fingerprint density at radius 2 is 0.808 bits per heavy atom. The van der Waals surface area contributed by atoms with Gasteiger partial charge in [0, 0.05) is 19.4 Å². The predicted octanol–water partition coefficient (Wildman–Crippen LogP) is 7.42. The van der Waals surface area contributed by atoms with E-state index in [-0.39, 0.29) is 6.61 Å². The monoisotopic (exact) mass is 360 g/mol. The first-order chi connectivity index (χ1) is 12.9. The van der Waals surface area contributed by atoms with Crippen LogP contribution in [-0.4, -0.2) is 11.7 Å². The largest absolute Gasteiger partial charge is 0.396 e. The summed E-state index contributed by atoms with van der Waals surface area (Å²) in [6, 6.07) is 0. The van der Waals surface area contributed by atoms with Crippen LogP contribution < -0.4 is 0 Å². The normalized spacial score (nSPS) is 10.1. The molecule has 26 heavy (non-hydrogen) atoms. The fourth-order valence-electron chi connectivity index (χ4n) is 3.14. The first kappa shape index (κ1) is 25.1. The van der Waals surface area contributed by atoms with Gasteiger partial charge in [0.2, 0.25) is 0 Å². The standard InChI is InChI=1S/C25H44O/c1-2-3-4-5-6-7-8-9-10-11-12-13-14-15-16-17-18-19-20-21-22-23-24-25-26/h26H,2-18,23-25H2,1H3. The molecule has 0 heterocycles. The van der Waals surface area contributed by atoms with Gasteiger partial charge in [-0.3, -0.25) is 0 Å². The minimum absolute atomic E-state index is 0.224. The first-order valence-corrected chi connectivity index (χ1v) is 11.5. The molecule has 0 rings (SSSR count). The van der Waals surface area contributed by atoms with Crippen LogP contribution in [0.4, 0.5) is 0 Å². The van der Waals surface area contributed by atoms with Crippen molar-refractivity contribution < 1.29 is 5.11 Å². The third kappa shape index (κ3) is 23.1. The average molecular weight is 361 g/mol. The minimum Gasteiger partial charge on any atom is -0.396 e. The highest BCUT2D eigenvalue weighted by atomic mass is 16.2. The van der Waals surface area contributed by atoms with Crippen LogP contribution in [0.3, 0.4) is 0 Å². The topological polar surface area (TPSA) is 20.2 Å². The Balaban J connectivity index is 3.11. The van der Waals surface area contributed by atoms with E-state index in [1.807, 2.05) is 0 Å². The summed E-state index contributed by atoms with van der Waals surface area (Å²) in [6.45, 7) is 2.51. The van der Waals surface area contributed by atoms with Crippen LogP contribution in [-0.2, 0) is 0 Å². The molecule has 1 nitrogen and oxygen atoms in total. The van der Waals surface area contributed by atoms with Crippen LogP contribution in [0, 0.1) is 23.7 Å². The summed E-state index contributed by atoms with van der Waals surface area (Å²) in [5, 5.41) is 8.63. The summed E-state index contributed by atoms with van der Waals surface area (Å²) in [4.78, 5) is 0. The molecule has 0 fully saturated rings. The van der Waals surface area contributed by atoms with Crippen molar-refractivity contribution in [1.82, 2.24) is 0 Å². The first-order valence-electron chi connectivity index (χ1n) is 11.5. The molecule has 150 valence electrons. The Bertz CT molecular complexity index is 376. The molecule has 0 aromatic rings. The van der Waals surface area contributed by atoms with Gasteiger partial charge in [0.1, 0.15) is 0 Å². The van der Waals surface area contributed by atoms with E-state index in [0.29, 0.717) is 0 Å². The van der Waals surface area contributed by atoms with Crippen molar-refractivity contribution in [3.05, 3.63) is 0 Å². The van der Waals surface area contributed by atoms with Gasteiger partial charge in [-0.2, -0.15) is 0 Å². The molecule has 0 aromatic heterocycles. The molecule has 0 saturated heterocycles. The van der Waals surface area contributed by atoms with E-state index >= 15 is 0 Å². The van der Waals surface area contributed by atoms with Crippen molar-refractivity contribution >= 4 is 0 Å². The van der Waals surface area contributed by atoms with Gasteiger partial charge in [0.05, 0.1) is 0 Å². The predicted molar refractivity (Wildman–Crippen MR) is 116 cm³/mol. The van der Waals surface area contributed by atoms with Crippen LogP contribution >= 0.6 is 0 Å². The van der Waals surface area contributed by atoms with Crippen LogP contribution in [0.1, 0.15) is 129 Å².